The number of nitrogens with zero attached hydrogens (tertiary/aromatic N) is 2. The molecule has 5 aliphatic rings. The molecule has 9 atom stereocenters. The van der Waals surface area contributed by atoms with Gasteiger partial charge in [-0.2, -0.15) is 0 Å². The summed E-state index contributed by atoms with van der Waals surface area (Å²) in [4.78, 5) is 59.5. The van der Waals surface area contributed by atoms with Crippen molar-refractivity contribution in [2.24, 2.45) is 17.8 Å². The molecule has 5 N–H and O–H groups in total. The lowest BCUT2D eigenvalue weighted by atomic mass is 9.58. The van der Waals surface area contributed by atoms with Gasteiger partial charge in [0.1, 0.15) is 23.4 Å². The summed E-state index contributed by atoms with van der Waals surface area (Å²) in [6, 6.07) is 8.32. The molecular formula is C41H46N4O9S2. The number of aliphatic hydroxyl groups is 2. The zero-order chi connectivity index (χ0) is 39.5. The van der Waals surface area contributed by atoms with Gasteiger partial charge in [-0.05, 0) is 62.2 Å². The number of nitrogens with two attached hydrogens (primary N) is 1. The first-order chi connectivity index (χ1) is 27.0. The van der Waals surface area contributed by atoms with E-state index in [0.29, 0.717) is 46.6 Å². The fraction of sp³-hybridized carbons (Fsp3) is 0.488. The van der Waals surface area contributed by atoms with Gasteiger partial charge in [-0.15, -0.1) is 0 Å². The van der Waals surface area contributed by atoms with Gasteiger partial charge < -0.3 is 44.8 Å². The molecule has 56 heavy (non-hydrogen) atoms. The number of amides is 1. The molecule has 0 radical (unpaired) electrons. The van der Waals surface area contributed by atoms with E-state index >= 15 is 0 Å². The number of fused-ring (bicyclic) bond motifs is 6. The van der Waals surface area contributed by atoms with Crippen molar-refractivity contribution in [1.82, 2.24) is 15.2 Å². The summed E-state index contributed by atoms with van der Waals surface area (Å²) >= 11 is 0. The third-order valence-corrected chi connectivity index (χ3v) is 15.6. The van der Waals surface area contributed by atoms with Crippen LogP contribution in [0, 0.1) is 17.8 Å². The number of hydrogen-bond donors (Lipinski definition) is 4. The first-order valence-electron chi connectivity index (χ1n) is 19.0. The van der Waals surface area contributed by atoms with E-state index in [0.717, 1.165) is 17.4 Å². The number of anilines is 1. The maximum atomic E-state index is 14.4. The number of hydrogen-bond acceptors (Lipinski definition) is 14. The van der Waals surface area contributed by atoms with Gasteiger partial charge in [-0.3, -0.25) is 4.79 Å². The lowest BCUT2D eigenvalue weighted by Crippen LogP contribution is -2.72. The first-order valence-corrected chi connectivity index (χ1v) is 21.4. The quantitative estimate of drug-likeness (QED) is 0.0679. The van der Waals surface area contributed by atoms with Gasteiger partial charge in [0.2, 0.25) is 5.91 Å². The maximum absolute atomic E-state index is 14.4. The molecule has 3 aliphatic heterocycles. The number of benzene rings is 1. The number of ether oxygens (including phenoxy) is 2. The molecule has 2 fully saturated rings. The highest BCUT2D eigenvalue weighted by Crippen LogP contribution is 2.60. The van der Waals surface area contributed by atoms with Gasteiger partial charge in [0.25, 0.3) is 0 Å². The van der Waals surface area contributed by atoms with E-state index in [2.05, 4.69) is 10.3 Å². The van der Waals surface area contributed by atoms with Crippen LogP contribution < -0.4 is 21.4 Å². The molecule has 9 unspecified atom stereocenters. The zero-order valence-corrected chi connectivity index (χ0v) is 33.1. The van der Waals surface area contributed by atoms with Crippen molar-refractivity contribution in [2.75, 3.05) is 38.3 Å². The molecule has 296 valence electrons. The Hall–Kier alpha value is -4.15. The van der Waals surface area contributed by atoms with Crippen molar-refractivity contribution in [1.29, 1.82) is 0 Å². The lowest BCUT2D eigenvalue weighted by molar-refractivity contribution is -0.199. The molecule has 2 aromatic heterocycles. The minimum absolute atomic E-state index is 0.00208. The number of nitrogens with one attached hydrogen (secondary N) is 1. The van der Waals surface area contributed by atoms with Crippen LogP contribution in [-0.2, 0) is 32.0 Å². The van der Waals surface area contributed by atoms with E-state index < -0.39 is 41.2 Å². The second kappa shape index (κ2) is 15.0. The molecule has 13 nitrogen and oxygen atoms in total. The number of esters is 1. The Bertz CT molecular complexity index is 2210. The van der Waals surface area contributed by atoms with Gasteiger partial charge in [0, 0.05) is 90.1 Å². The number of carbonyl (C=O) groups excluding carboxylic acids is 3. The number of carbonyl (C=O) groups is 3. The third-order valence-electron chi connectivity index (χ3n) is 12.8. The Morgan fingerprint density at radius 2 is 2.04 bits per heavy atom. The minimum Gasteiger partial charge on any atom is -0.481 e. The fourth-order valence-electron chi connectivity index (χ4n) is 10.0. The smallest absolute Gasteiger partial charge is 0.336 e. The fourth-order valence-corrected chi connectivity index (χ4v) is 13.1. The molecule has 0 bridgehead atoms. The first kappa shape index (κ1) is 38.7. The minimum atomic E-state index is -1.55. The number of aromatic nitrogens is 1. The van der Waals surface area contributed by atoms with Crippen LogP contribution in [0.15, 0.2) is 69.0 Å². The molecule has 1 saturated carbocycles. The van der Waals surface area contributed by atoms with Crippen LogP contribution in [0.4, 0.5) is 5.82 Å². The summed E-state index contributed by atoms with van der Waals surface area (Å²) in [5.74, 6) is -1.07. The molecule has 1 saturated heterocycles. The van der Waals surface area contributed by atoms with Crippen molar-refractivity contribution in [3.63, 3.8) is 0 Å². The van der Waals surface area contributed by atoms with E-state index in [-0.39, 0.29) is 72.3 Å². The van der Waals surface area contributed by atoms with Gasteiger partial charge in [-0.1, -0.05) is 39.3 Å². The molecule has 3 aromatic rings. The number of allylic oxidation sites excluding steroid dienone is 1. The molecule has 1 amide bonds. The van der Waals surface area contributed by atoms with Crippen molar-refractivity contribution in [3.05, 3.63) is 86.9 Å². The molecule has 1 spiro atoms. The highest BCUT2D eigenvalue weighted by Gasteiger charge is 2.67. The van der Waals surface area contributed by atoms with Crippen LogP contribution >= 0.6 is 21.6 Å². The van der Waals surface area contributed by atoms with Gasteiger partial charge in [-0.25, -0.2) is 14.6 Å². The van der Waals surface area contributed by atoms with Crippen molar-refractivity contribution in [2.45, 2.75) is 74.0 Å². The van der Waals surface area contributed by atoms with Crippen molar-refractivity contribution < 1.29 is 38.5 Å². The second-order valence-electron chi connectivity index (χ2n) is 15.6. The molecule has 2 aliphatic carbocycles. The molecule has 1 aromatic carbocycles. The highest BCUT2D eigenvalue weighted by molar-refractivity contribution is 8.77. The molecule has 5 heterocycles. The zero-order valence-electron chi connectivity index (χ0n) is 31.4. The molecule has 15 heteroatoms. The van der Waals surface area contributed by atoms with Gasteiger partial charge >= 0.3 is 11.6 Å². The Kier molecular flexibility index (Phi) is 10.4. The lowest BCUT2D eigenvalue weighted by Gasteiger charge is -2.58. The topological polar surface area (TPSA) is 195 Å². The average Bonchev–Trinajstić information content (AvgIpc) is 3.53. The SMILES string of the molecule is CC=C(CCO)C(=O)OC1(C)C(CO)C=C2CSSC3CC(C=O)C(NC)C4CN(C(=O)Cc5cnc(N)cc5C2C12Cc1cc5ccc(=O)oc5cc1O2)C34. The van der Waals surface area contributed by atoms with Crippen LogP contribution in [0.1, 0.15) is 49.3 Å². The number of aliphatic hydroxyl groups excluding tert-OH is 2. The monoisotopic (exact) mass is 802 g/mol. The summed E-state index contributed by atoms with van der Waals surface area (Å²) in [6.07, 6.45) is 7.18. The van der Waals surface area contributed by atoms with Gasteiger partial charge in [0.15, 0.2) is 11.2 Å². The van der Waals surface area contributed by atoms with E-state index in [9.17, 15) is 29.4 Å². The van der Waals surface area contributed by atoms with Crippen molar-refractivity contribution >= 4 is 56.5 Å². The Morgan fingerprint density at radius 3 is 2.77 bits per heavy atom. The number of aldehydes is 1. The number of nitrogen functional groups attached to an aromatic ring is 1. The summed E-state index contributed by atoms with van der Waals surface area (Å²) in [7, 11) is 5.18. The standard InChI is InChI=1S/C41H46N4O9S2/c1-4-21(7-8-46)39(51)54-40(2)27(19-48)10-26-20-55-56-32-11-25(18-47)37(43-3)29-17-45(38(29)32)34(49)12-24-16-44-33(42)13-28(24)36(26)41(40)15-23-9-22-5-6-35(50)52-30(22)14-31(23)53-41/h4-6,9-10,13-14,16,18,25,27,29,32,36-38,43,46,48H,7-8,11-12,15,17,19-20H2,1-3H3,(H2,42,44). The number of pyridine rings is 1. The van der Waals surface area contributed by atoms with E-state index in [1.165, 1.54) is 6.07 Å². The van der Waals surface area contributed by atoms with Crippen LogP contribution in [-0.4, -0.2) is 99.4 Å². The predicted molar refractivity (Wildman–Crippen MR) is 213 cm³/mol. The predicted octanol–water partition coefficient (Wildman–Crippen LogP) is 3.35. The molecule has 8 rings (SSSR count). The van der Waals surface area contributed by atoms with Crippen LogP contribution in [0.3, 0.4) is 0 Å². The third kappa shape index (κ3) is 6.17. The van der Waals surface area contributed by atoms with Crippen LogP contribution in [0.25, 0.3) is 11.0 Å². The summed E-state index contributed by atoms with van der Waals surface area (Å²) in [5, 5.41) is 25.1. The summed E-state index contributed by atoms with van der Waals surface area (Å²) < 4.78 is 19.4. The van der Waals surface area contributed by atoms with Crippen molar-refractivity contribution in [3.8, 4) is 5.75 Å². The Balaban J connectivity index is 1.32. The summed E-state index contributed by atoms with van der Waals surface area (Å²) in [5.41, 5.74) is 6.57. The molecular weight excluding hydrogens is 757 g/mol. The summed E-state index contributed by atoms with van der Waals surface area (Å²) in [6.45, 7) is 3.35. The maximum Gasteiger partial charge on any atom is 0.336 e. The Labute approximate surface area is 331 Å². The van der Waals surface area contributed by atoms with Gasteiger partial charge in [0.05, 0.1) is 25.0 Å². The van der Waals surface area contributed by atoms with E-state index in [1.807, 2.05) is 24.1 Å². The average molecular weight is 803 g/mol. The Morgan fingerprint density at radius 1 is 1.21 bits per heavy atom. The van der Waals surface area contributed by atoms with Crippen LogP contribution in [0.2, 0.25) is 0 Å². The normalized spacial score (nSPS) is 32.4. The highest BCUT2D eigenvalue weighted by atomic mass is 33.1. The van der Waals surface area contributed by atoms with E-state index in [1.54, 1.807) is 65.9 Å². The number of rotatable bonds is 7. The largest absolute Gasteiger partial charge is 0.481 e. The van der Waals surface area contributed by atoms with Crippen LogP contribution in [0.5, 0.6) is 5.75 Å². The second-order valence-corrected chi connectivity index (χ2v) is 18.2. The van der Waals surface area contributed by atoms with E-state index in [4.69, 9.17) is 19.6 Å².